The van der Waals surface area contributed by atoms with E-state index in [4.69, 9.17) is 5.11 Å². The maximum Gasteiger partial charge on any atom is 0.573 e. The Labute approximate surface area is 130 Å². The summed E-state index contributed by atoms with van der Waals surface area (Å²) >= 11 is 0. The molecule has 3 N–H and O–H groups in total. The van der Waals surface area contributed by atoms with E-state index in [1.54, 1.807) is 13.8 Å². The zero-order valence-electron chi connectivity index (χ0n) is 12.5. The summed E-state index contributed by atoms with van der Waals surface area (Å²) in [6.07, 6.45) is -4.24. The van der Waals surface area contributed by atoms with E-state index < -0.39 is 30.2 Å². The fourth-order valence-electron chi connectivity index (χ4n) is 1.73. The summed E-state index contributed by atoms with van der Waals surface area (Å²) in [6, 6.07) is 2.66. The van der Waals surface area contributed by atoms with Crippen molar-refractivity contribution >= 4 is 17.7 Å². The molecule has 0 saturated heterocycles. The molecule has 2 atom stereocenters. The van der Waals surface area contributed by atoms with Crippen LogP contribution < -0.4 is 15.4 Å². The van der Waals surface area contributed by atoms with Crippen molar-refractivity contribution in [2.45, 2.75) is 32.7 Å². The number of halogens is 3. The van der Waals surface area contributed by atoms with E-state index in [2.05, 4.69) is 15.4 Å². The van der Waals surface area contributed by atoms with Crippen molar-refractivity contribution in [3.63, 3.8) is 0 Å². The highest BCUT2D eigenvalue weighted by Crippen LogP contribution is 2.23. The number of alkyl halides is 3. The van der Waals surface area contributed by atoms with Gasteiger partial charge in [0.2, 0.25) is 0 Å². The first-order chi connectivity index (χ1) is 10.6. The van der Waals surface area contributed by atoms with E-state index in [-0.39, 0.29) is 11.6 Å². The fourth-order valence-corrected chi connectivity index (χ4v) is 1.73. The highest BCUT2D eigenvalue weighted by atomic mass is 19.4. The number of nitrogens with one attached hydrogen (secondary N) is 2. The zero-order chi connectivity index (χ0) is 17.6. The van der Waals surface area contributed by atoms with Crippen molar-refractivity contribution in [1.82, 2.24) is 5.32 Å². The van der Waals surface area contributed by atoms with E-state index in [9.17, 15) is 22.8 Å². The normalized spacial score (nSPS) is 13.8. The van der Waals surface area contributed by atoms with Crippen molar-refractivity contribution in [2.24, 2.45) is 5.92 Å². The third-order valence-corrected chi connectivity index (χ3v) is 3.11. The van der Waals surface area contributed by atoms with Crippen LogP contribution in [-0.2, 0) is 4.79 Å². The molecule has 128 valence electrons. The summed E-state index contributed by atoms with van der Waals surface area (Å²) in [4.78, 5) is 22.9. The number of carboxylic acids is 1. The number of urea groups is 1. The quantitative estimate of drug-likeness (QED) is 0.745. The molecule has 0 saturated carbocycles. The van der Waals surface area contributed by atoms with Crippen LogP contribution in [0.2, 0.25) is 0 Å². The third kappa shape index (κ3) is 6.45. The predicted octanol–water partition coefficient (Wildman–Crippen LogP) is 3.21. The van der Waals surface area contributed by atoms with Gasteiger partial charge in [-0.05, 0) is 30.2 Å². The topological polar surface area (TPSA) is 87.7 Å². The SMILES string of the molecule is CC[C@H](C)[C@H](NC(=O)Nc1ccc(OC(F)(F)F)cc1)C(=O)O. The number of amides is 2. The van der Waals surface area contributed by atoms with Crippen molar-refractivity contribution in [3.8, 4) is 5.75 Å². The summed E-state index contributed by atoms with van der Waals surface area (Å²) in [5, 5.41) is 13.7. The Morgan fingerprint density at radius 2 is 1.83 bits per heavy atom. The highest BCUT2D eigenvalue weighted by Gasteiger charge is 2.31. The molecule has 0 aliphatic carbocycles. The van der Waals surface area contributed by atoms with Gasteiger partial charge in [-0.15, -0.1) is 13.2 Å². The molecule has 1 aromatic rings. The Balaban J connectivity index is 2.65. The van der Waals surface area contributed by atoms with Gasteiger partial charge in [0.05, 0.1) is 0 Å². The lowest BCUT2D eigenvalue weighted by Crippen LogP contribution is -2.46. The molecular weight excluding hydrogens is 317 g/mol. The highest BCUT2D eigenvalue weighted by molar-refractivity contribution is 5.92. The average molecular weight is 334 g/mol. The van der Waals surface area contributed by atoms with E-state index >= 15 is 0 Å². The second kappa shape index (κ2) is 7.70. The first-order valence-corrected chi connectivity index (χ1v) is 6.78. The van der Waals surface area contributed by atoms with Crippen LogP contribution >= 0.6 is 0 Å². The molecule has 1 aromatic carbocycles. The summed E-state index contributed by atoms with van der Waals surface area (Å²) in [7, 11) is 0. The molecule has 6 nitrogen and oxygen atoms in total. The first-order valence-electron chi connectivity index (χ1n) is 6.78. The lowest BCUT2D eigenvalue weighted by molar-refractivity contribution is -0.274. The van der Waals surface area contributed by atoms with Gasteiger partial charge in [0, 0.05) is 5.69 Å². The van der Waals surface area contributed by atoms with E-state index in [1.807, 2.05) is 0 Å². The molecule has 0 aliphatic rings. The lowest BCUT2D eigenvalue weighted by atomic mass is 9.99. The average Bonchev–Trinajstić information content (AvgIpc) is 2.44. The van der Waals surface area contributed by atoms with Gasteiger partial charge in [-0.2, -0.15) is 0 Å². The smallest absolute Gasteiger partial charge is 0.480 e. The summed E-state index contributed by atoms with van der Waals surface area (Å²) in [5.41, 5.74) is 0.199. The van der Waals surface area contributed by atoms with Gasteiger partial charge in [-0.25, -0.2) is 9.59 Å². The number of ether oxygens (including phenoxy) is 1. The number of carbonyl (C=O) groups excluding carboxylic acids is 1. The molecule has 0 heterocycles. The van der Waals surface area contributed by atoms with Gasteiger partial charge in [0.25, 0.3) is 0 Å². The van der Waals surface area contributed by atoms with Gasteiger partial charge in [-0.1, -0.05) is 20.3 Å². The Hall–Kier alpha value is -2.45. The standard InChI is InChI=1S/C14H17F3N2O4/c1-3-8(2)11(12(20)21)19-13(22)18-9-4-6-10(7-5-9)23-14(15,16)17/h4-8,11H,3H2,1-2H3,(H,20,21)(H2,18,19,22)/t8-,11-/m0/s1. The number of hydrogen-bond acceptors (Lipinski definition) is 3. The molecule has 0 fully saturated rings. The fraction of sp³-hybridized carbons (Fsp3) is 0.429. The molecule has 1 rings (SSSR count). The van der Waals surface area contributed by atoms with Crippen LogP contribution in [0, 0.1) is 5.92 Å². The Morgan fingerprint density at radius 3 is 2.26 bits per heavy atom. The molecule has 0 unspecified atom stereocenters. The molecular formula is C14H17F3N2O4. The van der Waals surface area contributed by atoms with Crippen molar-refractivity contribution in [3.05, 3.63) is 24.3 Å². The zero-order valence-corrected chi connectivity index (χ0v) is 12.5. The van der Waals surface area contributed by atoms with Gasteiger partial charge in [-0.3, -0.25) is 0 Å². The number of rotatable bonds is 6. The molecule has 0 aliphatic heterocycles. The lowest BCUT2D eigenvalue weighted by Gasteiger charge is -2.20. The number of carboxylic acid groups (broad SMARTS) is 1. The van der Waals surface area contributed by atoms with Crippen LogP contribution in [0.5, 0.6) is 5.75 Å². The van der Waals surface area contributed by atoms with Crippen LogP contribution in [0.4, 0.5) is 23.7 Å². The summed E-state index contributed by atoms with van der Waals surface area (Å²) < 4.78 is 39.8. The Bertz CT molecular complexity index is 546. The minimum atomic E-state index is -4.79. The monoisotopic (exact) mass is 334 g/mol. The predicted molar refractivity (Wildman–Crippen MR) is 76.2 cm³/mol. The van der Waals surface area contributed by atoms with Crippen LogP contribution in [0.15, 0.2) is 24.3 Å². The number of aliphatic carboxylic acids is 1. The maximum atomic E-state index is 12.0. The molecule has 0 spiro atoms. The number of hydrogen-bond donors (Lipinski definition) is 3. The van der Waals surface area contributed by atoms with E-state index in [0.717, 1.165) is 12.1 Å². The summed E-state index contributed by atoms with van der Waals surface area (Å²) in [5.74, 6) is -1.87. The third-order valence-electron chi connectivity index (χ3n) is 3.11. The van der Waals surface area contributed by atoms with Crippen molar-refractivity contribution in [2.75, 3.05) is 5.32 Å². The van der Waals surface area contributed by atoms with Gasteiger partial charge < -0.3 is 20.5 Å². The van der Waals surface area contributed by atoms with Crippen molar-refractivity contribution in [1.29, 1.82) is 0 Å². The van der Waals surface area contributed by atoms with E-state index in [1.165, 1.54) is 12.1 Å². The molecule has 0 aromatic heterocycles. The molecule has 9 heteroatoms. The largest absolute Gasteiger partial charge is 0.573 e. The Kier molecular flexibility index (Phi) is 6.23. The molecule has 2 amide bonds. The summed E-state index contributed by atoms with van der Waals surface area (Å²) in [6.45, 7) is 3.47. The molecule has 0 radical (unpaired) electrons. The van der Waals surface area contributed by atoms with Crippen LogP contribution in [-0.4, -0.2) is 29.5 Å². The van der Waals surface area contributed by atoms with Gasteiger partial charge in [0.1, 0.15) is 11.8 Å². The second-order valence-electron chi connectivity index (χ2n) is 4.87. The van der Waals surface area contributed by atoms with Crippen LogP contribution in [0.25, 0.3) is 0 Å². The number of benzene rings is 1. The van der Waals surface area contributed by atoms with E-state index in [0.29, 0.717) is 6.42 Å². The first kappa shape index (κ1) is 18.6. The van der Waals surface area contributed by atoms with Crippen molar-refractivity contribution < 1.29 is 32.6 Å². The second-order valence-corrected chi connectivity index (χ2v) is 4.87. The van der Waals surface area contributed by atoms with Gasteiger partial charge in [0.15, 0.2) is 0 Å². The van der Waals surface area contributed by atoms with Crippen LogP contribution in [0.3, 0.4) is 0 Å². The minimum Gasteiger partial charge on any atom is -0.480 e. The minimum absolute atomic E-state index is 0.199. The maximum absolute atomic E-state index is 12.0. The Morgan fingerprint density at radius 1 is 1.26 bits per heavy atom. The number of anilines is 1. The van der Waals surface area contributed by atoms with Gasteiger partial charge >= 0.3 is 18.4 Å². The molecule has 23 heavy (non-hydrogen) atoms. The van der Waals surface area contributed by atoms with Crippen LogP contribution in [0.1, 0.15) is 20.3 Å². The number of carbonyl (C=O) groups is 2. The molecule has 0 bridgehead atoms.